The molecule has 3 atom stereocenters. The fraction of sp³-hybridized carbons (Fsp3) is 0.500. The van der Waals surface area contributed by atoms with E-state index in [4.69, 9.17) is 4.74 Å². The lowest BCUT2D eigenvalue weighted by Crippen LogP contribution is -2.37. The molecule has 1 aromatic heterocycles. The molecule has 1 aromatic carbocycles. The highest BCUT2D eigenvalue weighted by molar-refractivity contribution is 5.73. The number of carbonyl (C=O) groups excluding carboxylic acids is 1. The zero-order valence-corrected chi connectivity index (χ0v) is 17.3. The van der Waals surface area contributed by atoms with Gasteiger partial charge in [0, 0.05) is 32.4 Å². The monoisotopic (exact) mass is 380 g/mol. The summed E-state index contributed by atoms with van der Waals surface area (Å²) in [4.78, 5) is 18.2. The maximum Gasteiger partial charge on any atom is 0.219 e. The average Bonchev–Trinajstić information content (AvgIpc) is 2.68. The first-order valence-corrected chi connectivity index (χ1v) is 10.4. The molecule has 0 N–H and O–H groups in total. The molecule has 3 unspecified atom stereocenters. The van der Waals surface area contributed by atoms with Gasteiger partial charge < -0.3 is 9.64 Å². The summed E-state index contributed by atoms with van der Waals surface area (Å²) in [7, 11) is 0. The zero-order chi connectivity index (χ0) is 19.9. The second-order valence-electron chi connectivity index (χ2n) is 8.22. The van der Waals surface area contributed by atoms with Gasteiger partial charge in [0.15, 0.2) is 0 Å². The highest BCUT2D eigenvalue weighted by Gasteiger charge is 2.29. The SMILES string of the molecule is CC(=O)N(Cc1ccncc1)CC(C)C1CCCC(Oc2cccc(C)c2)C1. The molecule has 0 bridgehead atoms. The van der Waals surface area contributed by atoms with E-state index in [-0.39, 0.29) is 12.0 Å². The molecule has 4 nitrogen and oxygen atoms in total. The van der Waals surface area contributed by atoms with Crippen LogP contribution in [0.25, 0.3) is 0 Å². The van der Waals surface area contributed by atoms with Gasteiger partial charge in [-0.1, -0.05) is 19.1 Å². The standard InChI is InChI=1S/C24H32N2O2/c1-18-6-4-8-23(14-18)28-24-9-5-7-22(15-24)19(2)16-26(20(3)27)17-21-10-12-25-13-11-21/h4,6,8,10-14,19,22,24H,5,7,9,15-17H2,1-3H3. The molecule has 1 heterocycles. The molecule has 0 aliphatic heterocycles. The lowest BCUT2D eigenvalue weighted by molar-refractivity contribution is -0.130. The Morgan fingerprint density at radius 1 is 1.25 bits per heavy atom. The van der Waals surface area contributed by atoms with Crippen molar-refractivity contribution < 1.29 is 9.53 Å². The van der Waals surface area contributed by atoms with E-state index in [0.717, 1.165) is 30.7 Å². The minimum Gasteiger partial charge on any atom is -0.490 e. The number of nitrogens with zero attached hydrogens (tertiary/aromatic N) is 2. The molecule has 28 heavy (non-hydrogen) atoms. The van der Waals surface area contributed by atoms with E-state index in [1.807, 2.05) is 23.1 Å². The summed E-state index contributed by atoms with van der Waals surface area (Å²) < 4.78 is 6.28. The number of carbonyl (C=O) groups is 1. The predicted molar refractivity (Wildman–Crippen MR) is 112 cm³/mol. The first-order chi connectivity index (χ1) is 13.5. The van der Waals surface area contributed by atoms with E-state index >= 15 is 0 Å². The van der Waals surface area contributed by atoms with Gasteiger partial charge in [-0.05, 0) is 79.8 Å². The number of aromatic nitrogens is 1. The van der Waals surface area contributed by atoms with Crippen molar-refractivity contribution in [2.45, 2.75) is 59.1 Å². The minimum absolute atomic E-state index is 0.132. The number of rotatable bonds is 7. The first-order valence-electron chi connectivity index (χ1n) is 10.4. The lowest BCUT2D eigenvalue weighted by Gasteiger charge is -2.35. The molecule has 0 spiro atoms. The largest absolute Gasteiger partial charge is 0.490 e. The molecule has 1 aliphatic carbocycles. The second-order valence-corrected chi connectivity index (χ2v) is 8.22. The van der Waals surface area contributed by atoms with E-state index in [2.05, 4.69) is 37.0 Å². The van der Waals surface area contributed by atoms with Crippen molar-refractivity contribution in [2.75, 3.05) is 6.54 Å². The summed E-state index contributed by atoms with van der Waals surface area (Å²) in [5.41, 5.74) is 2.35. The maximum atomic E-state index is 12.2. The number of benzene rings is 1. The van der Waals surface area contributed by atoms with Crippen molar-refractivity contribution in [2.24, 2.45) is 11.8 Å². The average molecular weight is 381 g/mol. The first kappa shape index (κ1) is 20.4. The Hall–Kier alpha value is -2.36. The molecular formula is C24H32N2O2. The van der Waals surface area contributed by atoms with Gasteiger partial charge in [-0.2, -0.15) is 0 Å². The van der Waals surface area contributed by atoms with Gasteiger partial charge in [-0.25, -0.2) is 0 Å². The van der Waals surface area contributed by atoms with Gasteiger partial charge in [0.05, 0.1) is 6.10 Å². The summed E-state index contributed by atoms with van der Waals surface area (Å²) in [6.07, 6.45) is 8.43. The van der Waals surface area contributed by atoms with Crippen LogP contribution in [-0.4, -0.2) is 28.4 Å². The predicted octanol–water partition coefficient (Wildman–Crippen LogP) is 5.01. The number of aryl methyl sites for hydroxylation is 1. The van der Waals surface area contributed by atoms with Gasteiger partial charge in [0.1, 0.15) is 5.75 Å². The lowest BCUT2D eigenvalue weighted by atomic mass is 9.79. The van der Waals surface area contributed by atoms with Crippen LogP contribution in [0.15, 0.2) is 48.8 Å². The third-order valence-corrected chi connectivity index (χ3v) is 5.84. The number of hydrogen-bond donors (Lipinski definition) is 0. The highest BCUT2D eigenvalue weighted by Crippen LogP contribution is 2.33. The van der Waals surface area contributed by atoms with Crippen LogP contribution in [0.2, 0.25) is 0 Å². The van der Waals surface area contributed by atoms with Crippen molar-refractivity contribution in [3.63, 3.8) is 0 Å². The molecule has 150 valence electrons. The molecule has 4 heteroatoms. The van der Waals surface area contributed by atoms with Gasteiger partial charge in [-0.15, -0.1) is 0 Å². The van der Waals surface area contributed by atoms with Crippen LogP contribution in [-0.2, 0) is 11.3 Å². The van der Waals surface area contributed by atoms with Crippen LogP contribution >= 0.6 is 0 Å². The van der Waals surface area contributed by atoms with E-state index in [0.29, 0.717) is 18.4 Å². The van der Waals surface area contributed by atoms with Crippen LogP contribution in [0.3, 0.4) is 0 Å². The smallest absolute Gasteiger partial charge is 0.219 e. The van der Waals surface area contributed by atoms with E-state index in [1.54, 1.807) is 19.3 Å². The van der Waals surface area contributed by atoms with Crippen molar-refractivity contribution >= 4 is 5.91 Å². The molecule has 1 fully saturated rings. The fourth-order valence-electron chi connectivity index (χ4n) is 4.20. The maximum absolute atomic E-state index is 12.2. The van der Waals surface area contributed by atoms with E-state index < -0.39 is 0 Å². The molecule has 0 saturated heterocycles. The van der Waals surface area contributed by atoms with Crippen molar-refractivity contribution in [3.05, 3.63) is 59.9 Å². The quantitative estimate of drug-likeness (QED) is 0.678. The highest BCUT2D eigenvalue weighted by atomic mass is 16.5. The normalized spacial score (nSPS) is 20.4. The second kappa shape index (κ2) is 9.72. The molecule has 3 rings (SSSR count). The molecular weight excluding hydrogens is 348 g/mol. The third-order valence-electron chi connectivity index (χ3n) is 5.84. The Balaban J connectivity index is 1.57. The van der Waals surface area contributed by atoms with Gasteiger partial charge in [0.2, 0.25) is 5.91 Å². The Morgan fingerprint density at radius 2 is 2.04 bits per heavy atom. The minimum atomic E-state index is 0.132. The Morgan fingerprint density at radius 3 is 2.75 bits per heavy atom. The van der Waals surface area contributed by atoms with Gasteiger partial charge >= 0.3 is 0 Å². The summed E-state index contributed by atoms with van der Waals surface area (Å²) in [6, 6.07) is 12.3. The summed E-state index contributed by atoms with van der Waals surface area (Å²) in [5, 5.41) is 0. The van der Waals surface area contributed by atoms with E-state index in [1.165, 1.54) is 18.4 Å². The Labute approximate surface area is 168 Å². The number of pyridine rings is 1. The third kappa shape index (κ3) is 5.82. The van der Waals surface area contributed by atoms with Gasteiger partial charge in [0.25, 0.3) is 0 Å². The van der Waals surface area contributed by atoms with Crippen molar-refractivity contribution in [1.82, 2.24) is 9.88 Å². The van der Waals surface area contributed by atoms with Crippen LogP contribution in [0.4, 0.5) is 0 Å². The number of ether oxygens (including phenoxy) is 1. The summed E-state index contributed by atoms with van der Waals surface area (Å²) in [5.74, 6) is 2.14. The van der Waals surface area contributed by atoms with Crippen LogP contribution < -0.4 is 4.74 Å². The zero-order valence-electron chi connectivity index (χ0n) is 17.3. The molecule has 1 aliphatic rings. The Bertz CT molecular complexity index is 762. The molecule has 2 aromatic rings. The van der Waals surface area contributed by atoms with Crippen LogP contribution in [0.5, 0.6) is 5.75 Å². The summed E-state index contributed by atoms with van der Waals surface area (Å²) >= 11 is 0. The van der Waals surface area contributed by atoms with Crippen LogP contribution in [0, 0.1) is 18.8 Å². The molecule has 0 radical (unpaired) electrons. The number of hydrogen-bond acceptors (Lipinski definition) is 3. The molecule has 1 amide bonds. The summed E-state index contributed by atoms with van der Waals surface area (Å²) in [6.45, 7) is 7.48. The Kier molecular flexibility index (Phi) is 7.07. The van der Waals surface area contributed by atoms with Crippen molar-refractivity contribution in [3.8, 4) is 5.75 Å². The fourth-order valence-corrected chi connectivity index (χ4v) is 4.20. The molecule has 1 saturated carbocycles. The topological polar surface area (TPSA) is 42.4 Å². The number of amides is 1. The van der Waals surface area contributed by atoms with Crippen molar-refractivity contribution in [1.29, 1.82) is 0 Å². The van der Waals surface area contributed by atoms with Crippen LogP contribution in [0.1, 0.15) is 50.7 Å². The van der Waals surface area contributed by atoms with Gasteiger partial charge in [-0.3, -0.25) is 9.78 Å². The van der Waals surface area contributed by atoms with E-state index in [9.17, 15) is 4.79 Å².